The highest BCUT2D eigenvalue weighted by atomic mass is 32.1. The molecule has 1 aromatic heterocycles. The van der Waals surface area contributed by atoms with E-state index in [2.05, 4.69) is 10.2 Å². The predicted molar refractivity (Wildman–Crippen MR) is 61.4 cm³/mol. The minimum Gasteiger partial charge on any atom is -0.496 e. The van der Waals surface area contributed by atoms with Crippen LogP contribution in [0, 0.1) is 4.64 Å². The Bertz CT molecular complexity index is 522. The minimum absolute atomic E-state index is 0.610. The van der Waals surface area contributed by atoms with E-state index in [4.69, 9.17) is 17.0 Å². The summed E-state index contributed by atoms with van der Waals surface area (Å²) >= 11 is 5.02. The van der Waals surface area contributed by atoms with Gasteiger partial charge in [0.05, 0.1) is 13.3 Å². The molecule has 1 N–H and O–H groups in total. The maximum Gasteiger partial charge on any atom is 0.126 e. The van der Waals surface area contributed by atoms with Crippen molar-refractivity contribution in [1.82, 2.24) is 10.2 Å². The lowest BCUT2D eigenvalue weighted by Gasteiger charge is -2.06. The third-order valence-electron chi connectivity index (χ3n) is 2.08. The van der Waals surface area contributed by atoms with Crippen molar-refractivity contribution in [3.63, 3.8) is 0 Å². The third kappa shape index (κ3) is 2.05. The van der Waals surface area contributed by atoms with Crippen LogP contribution in [0.5, 0.6) is 5.75 Å². The molecule has 0 aliphatic heterocycles. The second-order valence-corrected chi connectivity index (χ2v) is 3.47. The Morgan fingerprint density at radius 2 is 2.13 bits per heavy atom. The van der Waals surface area contributed by atoms with Crippen LogP contribution < -0.4 is 4.74 Å². The van der Waals surface area contributed by atoms with Gasteiger partial charge >= 0.3 is 0 Å². The van der Waals surface area contributed by atoms with Crippen LogP contribution in [-0.4, -0.2) is 17.3 Å². The van der Waals surface area contributed by atoms with Crippen molar-refractivity contribution in [3.8, 4) is 16.9 Å². The lowest BCUT2D eigenvalue weighted by atomic mass is 10.1. The molecule has 4 heteroatoms. The second-order valence-electron chi connectivity index (χ2n) is 3.03. The molecule has 0 radical (unpaired) electrons. The van der Waals surface area contributed by atoms with Crippen LogP contribution >= 0.6 is 12.2 Å². The molecule has 0 atom stereocenters. The highest BCUT2D eigenvalue weighted by molar-refractivity contribution is 7.71. The van der Waals surface area contributed by atoms with Gasteiger partial charge in [-0.15, -0.1) is 0 Å². The van der Waals surface area contributed by atoms with Gasteiger partial charge in [0.2, 0.25) is 0 Å². The zero-order valence-electron chi connectivity index (χ0n) is 8.23. The van der Waals surface area contributed by atoms with Gasteiger partial charge in [-0.05, 0) is 12.1 Å². The molecule has 0 amide bonds. The highest BCUT2D eigenvalue weighted by Crippen LogP contribution is 2.28. The number of nitrogens with zero attached hydrogens (tertiary/aromatic N) is 1. The first-order valence-corrected chi connectivity index (χ1v) is 4.90. The molecule has 0 bridgehead atoms. The first kappa shape index (κ1) is 9.86. The monoisotopic (exact) mass is 218 g/mol. The summed E-state index contributed by atoms with van der Waals surface area (Å²) in [6.45, 7) is 0. The first-order chi connectivity index (χ1) is 7.31. The van der Waals surface area contributed by atoms with Gasteiger partial charge in [0.15, 0.2) is 0 Å². The van der Waals surface area contributed by atoms with Crippen molar-refractivity contribution in [3.05, 3.63) is 41.2 Å². The summed E-state index contributed by atoms with van der Waals surface area (Å²) in [4.78, 5) is 0. The molecular formula is C11H10N2OS. The Labute approximate surface area is 92.7 Å². The lowest BCUT2D eigenvalue weighted by Crippen LogP contribution is -1.89. The van der Waals surface area contributed by atoms with Crippen LogP contribution in [0.2, 0.25) is 0 Å². The molecule has 2 rings (SSSR count). The van der Waals surface area contributed by atoms with Gasteiger partial charge in [-0.2, -0.15) is 5.10 Å². The highest BCUT2D eigenvalue weighted by Gasteiger charge is 2.04. The fourth-order valence-corrected chi connectivity index (χ4v) is 1.59. The molecule has 1 aromatic carbocycles. The van der Waals surface area contributed by atoms with Gasteiger partial charge in [0, 0.05) is 11.1 Å². The topological polar surface area (TPSA) is 37.9 Å². The van der Waals surface area contributed by atoms with Gasteiger partial charge in [-0.1, -0.05) is 30.4 Å². The number of aromatic nitrogens is 2. The average Bonchev–Trinajstić information content (AvgIpc) is 2.29. The Morgan fingerprint density at radius 3 is 2.87 bits per heavy atom. The van der Waals surface area contributed by atoms with Crippen molar-refractivity contribution in [2.45, 2.75) is 0 Å². The molecule has 1 heterocycles. The maximum absolute atomic E-state index is 5.27. The summed E-state index contributed by atoms with van der Waals surface area (Å²) in [6.07, 6.45) is 1.73. The first-order valence-electron chi connectivity index (χ1n) is 4.49. The van der Waals surface area contributed by atoms with Gasteiger partial charge in [0.25, 0.3) is 0 Å². The van der Waals surface area contributed by atoms with Crippen molar-refractivity contribution in [1.29, 1.82) is 0 Å². The van der Waals surface area contributed by atoms with Gasteiger partial charge in [-0.3, -0.25) is 5.10 Å². The Morgan fingerprint density at radius 1 is 1.33 bits per heavy atom. The van der Waals surface area contributed by atoms with Crippen LogP contribution in [0.1, 0.15) is 0 Å². The van der Waals surface area contributed by atoms with E-state index in [1.807, 2.05) is 30.3 Å². The molecule has 3 nitrogen and oxygen atoms in total. The molecule has 76 valence electrons. The van der Waals surface area contributed by atoms with E-state index in [0.29, 0.717) is 4.64 Å². The smallest absolute Gasteiger partial charge is 0.126 e. The summed E-state index contributed by atoms with van der Waals surface area (Å²) in [5.74, 6) is 0.819. The van der Waals surface area contributed by atoms with Gasteiger partial charge in [-0.25, -0.2) is 0 Å². The van der Waals surface area contributed by atoms with Crippen LogP contribution in [-0.2, 0) is 0 Å². The molecule has 0 saturated carbocycles. The molecule has 0 fully saturated rings. The number of rotatable bonds is 2. The standard InChI is InChI=1S/C11H10N2OS/c1-14-10-5-3-2-4-9(10)8-6-11(15)13-12-7-8/h2-7H,1H3,(H,13,15). The zero-order valence-corrected chi connectivity index (χ0v) is 9.04. The number of hydrogen-bond acceptors (Lipinski definition) is 3. The van der Waals surface area contributed by atoms with E-state index in [0.717, 1.165) is 16.9 Å². The molecule has 2 aromatic rings. The van der Waals surface area contributed by atoms with Gasteiger partial charge < -0.3 is 4.74 Å². The van der Waals surface area contributed by atoms with Crippen molar-refractivity contribution >= 4 is 12.2 Å². The Hall–Kier alpha value is -1.68. The normalized spacial score (nSPS) is 9.93. The van der Waals surface area contributed by atoms with Crippen molar-refractivity contribution in [2.24, 2.45) is 0 Å². The summed E-state index contributed by atoms with van der Waals surface area (Å²) in [6, 6.07) is 9.64. The van der Waals surface area contributed by atoms with E-state index in [9.17, 15) is 0 Å². The van der Waals surface area contributed by atoms with Gasteiger partial charge in [0.1, 0.15) is 10.4 Å². The maximum atomic E-state index is 5.27. The predicted octanol–water partition coefficient (Wildman–Crippen LogP) is 2.81. The number of hydrogen-bond donors (Lipinski definition) is 1. The SMILES string of the molecule is COc1ccccc1-c1cn[nH]c(=S)c1. The van der Waals surface area contributed by atoms with Crippen LogP contribution in [0.4, 0.5) is 0 Å². The molecule has 0 aliphatic carbocycles. The zero-order chi connectivity index (χ0) is 10.7. The summed E-state index contributed by atoms with van der Waals surface area (Å²) < 4.78 is 5.88. The molecule has 0 unspecified atom stereocenters. The average molecular weight is 218 g/mol. The minimum atomic E-state index is 0.610. The summed E-state index contributed by atoms with van der Waals surface area (Å²) in [7, 11) is 1.65. The van der Waals surface area contributed by atoms with E-state index >= 15 is 0 Å². The Kier molecular flexibility index (Phi) is 2.78. The van der Waals surface area contributed by atoms with Crippen LogP contribution in [0.15, 0.2) is 36.5 Å². The summed E-state index contributed by atoms with van der Waals surface area (Å²) in [5, 5.41) is 6.65. The number of H-pyrrole nitrogens is 1. The van der Waals surface area contributed by atoms with E-state index in [1.165, 1.54) is 0 Å². The fourth-order valence-electron chi connectivity index (χ4n) is 1.41. The lowest BCUT2D eigenvalue weighted by molar-refractivity contribution is 0.416. The molecular weight excluding hydrogens is 208 g/mol. The molecule has 0 aliphatic rings. The number of nitrogens with one attached hydrogen (secondary N) is 1. The number of ether oxygens (including phenoxy) is 1. The quantitative estimate of drug-likeness (QED) is 0.788. The van der Waals surface area contributed by atoms with E-state index in [-0.39, 0.29) is 0 Å². The molecule has 0 saturated heterocycles. The number of benzene rings is 1. The fraction of sp³-hybridized carbons (Fsp3) is 0.0909. The Balaban J connectivity index is 2.58. The second kappa shape index (κ2) is 4.23. The number of para-hydroxylation sites is 1. The summed E-state index contributed by atoms with van der Waals surface area (Å²) in [5.41, 5.74) is 1.95. The molecule has 0 spiro atoms. The van der Waals surface area contributed by atoms with Crippen LogP contribution in [0.3, 0.4) is 0 Å². The third-order valence-corrected chi connectivity index (χ3v) is 2.29. The largest absolute Gasteiger partial charge is 0.496 e. The van der Waals surface area contributed by atoms with E-state index in [1.54, 1.807) is 13.3 Å². The van der Waals surface area contributed by atoms with Crippen molar-refractivity contribution < 1.29 is 4.74 Å². The number of aromatic amines is 1. The van der Waals surface area contributed by atoms with Crippen LogP contribution in [0.25, 0.3) is 11.1 Å². The molecule has 15 heavy (non-hydrogen) atoms. The van der Waals surface area contributed by atoms with E-state index < -0.39 is 0 Å². The number of methoxy groups -OCH3 is 1. The van der Waals surface area contributed by atoms with Crippen molar-refractivity contribution in [2.75, 3.05) is 7.11 Å².